The van der Waals surface area contributed by atoms with Gasteiger partial charge in [-0.15, -0.1) is 0 Å². The van der Waals surface area contributed by atoms with Gasteiger partial charge in [0, 0.05) is 0 Å². The molecule has 0 spiro atoms. The maximum absolute atomic E-state index is 12.3. The summed E-state index contributed by atoms with van der Waals surface area (Å²) in [5, 5.41) is 0. The molecule has 1 unspecified atom stereocenters. The molecule has 1 heterocycles. The van der Waals surface area contributed by atoms with Gasteiger partial charge < -0.3 is 47.4 Å². The van der Waals surface area contributed by atoms with E-state index in [9.17, 15) is 14.4 Å². The fourth-order valence-corrected chi connectivity index (χ4v) is 4.72. The van der Waals surface area contributed by atoms with Gasteiger partial charge in [-0.25, -0.2) is 0 Å². The van der Waals surface area contributed by atoms with Crippen molar-refractivity contribution in [2.45, 2.75) is 39.5 Å². The van der Waals surface area contributed by atoms with Gasteiger partial charge in [-0.3, -0.25) is 19.3 Å². The lowest BCUT2D eigenvalue weighted by Crippen LogP contribution is -2.33. The van der Waals surface area contributed by atoms with Crippen LogP contribution in [0.4, 0.5) is 0 Å². The van der Waals surface area contributed by atoms with Crippen LogP contribution >= 0.6 is 0 Å². The molecule has 14 nitrogen and oxygen atoms in total. The zero-order chi connectivity index (χ0) is 35.9. The monoisotopic (exact) mass is 713 g/mol. The summed E-state index contributed by atoms with van der Waals surface area (Å²) >= 11 is 0. The number of ether oxygens (including phenoxy) is 10. The van der Waals surface area contributed by atoms with Crippen LogP contribution in [-0.2, 0) is 52.2 Å². The van der Waals surface area contributed by atoms with Crippen molar-refractivity contribution in [2.24, 2.45) is 5.92 Å². The van der Waals surface area contributed by atoms with Crippen molar-refractivity contribution in [1.82, 2.24) is 4.90 Å². The summed E-state index contributed by atoms with van der Waals surface area (Å²) in [7, 11) is 0. The first-order chi connectivity index (χ1) is 24.6. The van der Waals surface area contributed by atoms with Gasteiger partial charge in [-0.1, -0.05) is 38.8 Å². The van der Waals surface area contributed by atoms with Crippen molar-refractivity contribution >= 4 is 17.8 Å². The van der Waals surface area contributed by atoms with Crippen LogP contribution in [-0.4, -0.2) is 155 Å². The fraction of sp³-hybridized carbons (Fsp3) is 0.750. The minimum absolute atomic E-state index is 0.0107. The van der Waals surface area contributed by atoms with E-state index in [1.54, 1.807) is 24.3 Å². The maximum atomic E-state index is 12.3. The average molecular weight is 714 g/mol. The summed E-state index contributed by atoms with van der Waals surface area (Å²) in [6, 6.07) is 6.81. The molecule has 0 fully saturated rings. The highest BCUT2D eigenvalue weighted by Gasteiger charge is 2.34. The number of nitrogens with zero attached hydrogens (tertiary/aromatic N) is 1. The molecule has 0 aromatic heterocycles. The number of fused-ring (bicyclic) bond motifs is 1. The number of rotatable bonds is 35. The molecule has 1 aromatic rings. The molecular weight excluding hydrogens is 654 g/mol. The Kier molecular flexibility index (Phi) is 26.3. The van der Waals surface area contributed by atoms with E-state index in [1.807, 2.05) is 6.92 Å². The molecule has 0 saturated carbocycles. The van der Waals surface area contributed by atoms with Gasteiger partial charge in [-0.2, -0.15) is 0 Å². The molecule has 2 rings (SSSR count). The quantitative estimate of drug-likeness (QED) is 0.0577. The molecule has 1 aromatic carbocycles. The number of esters is 1. The van der Waals surface area contributed by atoms with E-state index >= 15 is 0 Å². The van der Waals surface area contributed by atoms with Crippen molar-refractivity contribution in [2.75, 3.05) is 132 Å². The maximum Gasteiger partial charge on any atom is 0.308 e. The highest BCUT2D eigenvalue weighted by atomic mass is 16.6. The highest BCUT2D eigenvalue weighted by molar-refractivity contribution is 6.21. The van der Waals surface area contributed by atoms with Crippen molar-refractivity contribution in [3.63, 3.8) is 0 Å². The van der Waals surface area contributed by atoms with Crippen molar-refractivity contribution in [3.8, 4) is 0 Å². The first-order valence-electron chi connectivity index (χ1n) is 17.9. The highest BCUT2D eigenvalue weighted by Crippen LogP contribution is 2.21. The van der Waals surface area contributed by atoms with Crippen molar-refractivity contribution in [3.05, 3.63) is 35.4 Å². The SMILES string of the molecule is CCCCC(CC)C(=O)OCCOCCOCCOCCOCCOCCOCCOCCOCCOCCN1C(=O)c2ccccc2C1=O. The van der Waals surface area contributed by atoms with Gasteiger partial charge in [0.2, 0.25) is 0 Å². The lowest BCUT2D eigenvalue weighted by atomic mass is 10.00. The third-order valence-corrected chi connectivity index (χ3v) is 7.52. The van der Waals surface area contributed by atoms with Crippen LogP contribution in [0, 0.1) is 5.92 Å². The number of benzene rings is 1. The Bertz CT molecular complexity index is 992. The normalized spacial score (nSPS) is 13.3. The second kappa shape index (κ2) is 30.1. The average Bonchev–Trinajstić information content (AvgIpc) is 3.37. The zero-order valence-corrected chi connectivity index (χ0v) is 30.1. The van der Waals surface area contributed by atoms with Gasteiger partial charge in [0.25, 0.3) is 11.8 Å². The predicted octanol–water partition coefficient (Wildman–Crippen LogP) is 3.19. The number of imide groups is 1. The number of hydrogen-bond acceptors (Lipinski definition) is 13. The fourth-order valence-electron chi connectivity index (χ4n) is 4.72. The number of carbonyl (C=O) groups is 3. The minimum atomic E-state index is -0.280. The minimum Gasteiger partial charge on any atom is -0.463 e. The molecule has 14 heteroatoms. The summed E-state index contributed by atoms with van der Waals surface area (Å²) in [5.41, 5.74) is 0.879. The van der Waals surface area contributed by atoms with Crippen LogP contribution in [0.5, 0.6) is 0 Å². The van der Waals surface area contributed by atoms with Crippen LogP contribution < -0.4 is 0 Å². The molecule has 0 saturated heterocycles. The largest absolute Gasteiger partial charge is 0.463 e. The number of unbranched alkanes of at least 4 members (excludes halogenated alkanes) is 1. The molecule has 1 atom stereocenters. The molecule has 1 aliphatic heterocycles. The lowest BCUT2D eigenvalue weighted by molar-refractivity contribution is -0.150. The van der Waals surface area contributed by atoms with Gasteiger partial charge >= 0.3 is 5.97 Å². The van der Waals surface area contributed by atoms with E-state index in [0.29, 0.717) is 123 Å². The summed E-state index contributed by atoms with van der Waals surface area (Å²) < 4.78 is 54.5. The van der Waals surface area contributed by atoms with E-state index in [4.69, 9.17) is 47.4 Å². The number of hydrogen-bond donors (Lipinski definition) is 0. The topological polar surface area (TPSA) is 147 Å². The Morgan fingerprint density at radius 3 is 1.22 bits per heavy atom. The molecule has 50 heavy (non-hydrogen) atoms. The molecule has 0 N–H and O–H groups in total. The summed E-state index contributed by atoms with van der Waals surface area (Å²) in [6.07, 6.45) is 3.81. The van der Waals surface area contributed by atoms with E-state index < -0.39 is 0 Å². The summed E-state index contributed by atoms with van der Waals surface area (Å²) in [5.74, 6) is -0.697. The predicted molar refractivity (Wildman–Crippen MR) is 183 cm³/mol. The smallest absolute Gasteiger partial charge is 0.308 e. The van der Waals surface area contributed by atoms with Gasteiger partial charge in [0.1, 0.15) is 6.61 Å². The van der Waals surface area contributed by atoms with E-state index in [1.165, 1.54) is 4.90 Å². The van der Waals surface area contributed by atoms with Crippen LogP contribution in [0.25, 0.3) is 0 Å². The van der Waals surface area contributed by atoms with Crippen molar-refractivity contribution < 1.29 is 61.8 Å². The van der Waals surface area contributed by atoms with Crippen LogP contribution in [0.1, 0.15) is 60.2 Å². The van der Waals surface area contributed by atoms with Gasteiger partial charge in [0.15, 0.2) is 0 Å². The van der Waals surface area contributed by atoms with Gasteiger partial charge in [-0.05, 0) is 25.0 Å². The summed E-state index contributed by atoms with van der Waals surface area (Å²) in [6.45, 7) is 12.5. The second-order valence-corrected chi connectivity index (χ2v) is 11.2. The second-order valence-electron chi connectivity index (χ2n) is 11.2. The van der Waals surface area contributed by atoms with Crippen molar-refractivity contribution in [1.29, 1.82) is 0 Å². The third-order valence-electron chi connectivity index (χ3n) is 7.52. The first kappa shape index (κ1) is 43.6. The zero-order valence-electron chi connectivity index (χ0n) is 30.1. The molecular formula is C36H59NO13. The van der Waals surface area contributed by atoms with E-state index in [0.717, 1.165) is 25.7 Å². The Morgan fingerprint density at radius 1 is 0.540 bits per heavy atom. The number of carbonyl (C=O) groups excluding carboxylic acids is 3. The van der Waals surface area contributed by atoms with Crippen LogP contribution in [0.15, 0.2) is 24.3 Å². The van der Waals surface area contributed by atoms with Crippen LogP contribution in [0.2, 0.25) is 0 Å². The van der Waals surface area contributed by atoms with E-state index in [2.05, 4.69) is 6.92 Å². The molecule has 0 radical (unpaired) electrons. The molecule has 286 valence electrons. The lowest BCUT2D eigenvalue weighted by Gasteiger charge is -2.13. The molecule has 0 bridgehead atoms. The Balaban J connectivity index is 1.20. The van der Waals surface area contributed by atoms with E-state index in [-0.39, 0.29) is 43.5 Å². The molecule has 1 aliphatic rings. The Hall–Kier alpha value is -2.53. The van der Waals surface area contributed by atoms with Gasteiger partial charge in [0.05, 0.1) is 143 Å². The Morgan fingerprint density at radius 2 is 0.880 bits per heavy atom. The molecule has 2 amide bonds. The third kappa shape index (κ3) is 19.8. The first-order valence-corrected chi connectivity index (χ1v) is 17.9. The molecule has 0 aliphatic carbocycles. The number of amides is 2. The Labute approximate surface area is 297 Å². The van der Waals surface area contributed by atoms with Crippen LogP contribution in [0.3, 0.4) is 0 Å². The summed E-state index contributed by atoms with van der Waals surface area (Å²) in [4.78, 5) is 37.8. The standard InChI is InChI=1S/C36H59NO13/c1-3-5-8-31(4-2)36(40)50-30-29-49-28-27-48-26-25-47-24-23-46-22-21-45-20-19-44-18-17-43-16-15-42-14-13-41-12-11-37-34(38)32-9-6-7-10-33(32)35(37)39/h6-7,9-10,31H,3-5,8,11-30H2,1-2H3.